The highest BCUT2D eigenvalue weighted by Crippen LogP contribution is 2.35. The molecular weight excluding hydrogens is 222 g/mol. The van der Waals surface area contributed by atoms with Crippen molar-refractivity contribution in [2.75, 3.05) is 0 Å². The number of hydrogen-bond donors (Lipinski definition) is 2. The van der Waals surface area contributed by atoms with E-state index in [4.69, 9.17) is 5.11 Å². The van der Waals surface area contributed by atoms with Crippen LogP contribution in [0, 0.1) is 5.41 Å². The fourth-order valence-electron chi connectivity index (χ4n) is 2.70. The highest BCUT2D eigenvalue weighted by molar-refractivity contribution is 5.22. The van der Waals surface area contributed by atoms with Crippen molar-refractivity contribution in [2.24, 2.45) is 5.41 Å². The van der Waals surface area contributed by atoms with Crippen LogP contribution in [0.25, 0.3) is 0 Å². The van der Waals surface area contributed by atoms with Gasteiger partial charge in [-0.25, -0.2) is 0 Å². The minimum absolute atomic E-state index is 0.130. The second-order valence-corrected chi connectivity index (χ2v) is 6.30. The first-order valence-electron chi connectivity index (χ1n) is 7.01. The predicted molar refractivity (Wildman–Crippen MR) is 75.2 cm³/mol. The minimum Gasteiger partial charge on any atom is -0.392 e. The molecule has 0 heterocycles. The molecule has 0 unspecified atom stereocenters. The lowest BCUT2D eigenvalue weighted by Crippen LogP contribution is -2.35. The van der Waals surface area contributed by atoms with Gasteiger partial charge in [0.05, 0.1) is 6.61 Å². The molecule has 0 aliphatic heterocycles. The van der Waals surface area contributed by atoms with Crippen molar-refractivity contribution in [1.82, 2.24) is 5.32 Å². The molecule has 100 valence electrons. The summed E-state index contributed by atoms with van der Waals surface area (Å²) >= 11 is 0. The standard InChI is InChI=1S/C16H25NO/c1-16(2)8-6-15(7-9-16)17-11-13-4-3-5-14(10-13)12-18/h3-5,10,15,17-18H,6-9,11-12H2,1-2H3. The Balaban J connectivity index is 1.81. The van der Waals surface area contributed by atoms with E-state index in [1.807, 2.05) is 12.1 Å². The van der Waals surface area contributed by atoms with Crippen LogP contribution in [0.3, 0.4) is 0 Å². The van der Waals surface area contributed by atoms with Gasteiger partial charge in [-0.3, -0.25) is 0 Å². The molecule has 0 atom stereocenters. The van der Waals surface area contributed by atoms with Crippen LogP contribution in [-0.4, -0.2) is 11.1 Å². The quantitative estimate of drug-likeness (QED) is 0.856. The minimum atomic E-state index is 0.130. The van der Waals surface area contributed by atoms with Crippen LogP contribution in [0.5, 0.6) is 0 Å². The number of benzene rings is 1. The van der Waals surface area contributed by atoms with Gasteiger partial charge in [-0.15, -0.1) is 0 Å². The van der Waals surface area contributed by atoms with Crippen molar-refractivity contribution in [2.45, 2.75) is 58.7 Å². The van der Waals surface area contributed by atoms with Gasteiger partial charge in [-0.1, -0.05) is 38.1 Å². The van der Waals surface area contributed by atoms with Gasteiger partial charge in [0.2, 0.25) is 0 Å². The molecule has 0 aromatic heterocycles. The molecule has 1 saturated carbocycles. The van der Waals surface area contributed by atoms with Gasteiger partial charge in [0, 0.05) is 12.6 Å². The summed E-state index contributed by atoms with van der Waals surface area (Å²) in [4.78, 5) is 0. The Bertz CT molecular complexity index is 376. The van der Waals surface area contributed by atoms with Crippen LogP contribution < -0.4 is 5.32 Å². The third-order valence-electron chi connectivity index (χ3n) is 4.11. The van der Waals surface area contributed by atoms with E-state index in [1.54, 1.807) is 0 Å². The van der Waals surface area contributed by atoms with Gasteiger partial charge in [0.1, 0.15) is 0 Å². The Hall–Kier alpha value is -0.860. The van der Waals surface area contributed by atoms with Gasteiger partial charge in [0.25, 0.3) is 0 Å². The molecule has 1 aliphatic rings. The maximum absolute atomic E-state index is 9.12. The van der Waals surface area contributed by atoms with E-state index in [1.165, 1.54) is 31.2 Å². The summed E-state index contributed by atoms with van der Waals surface area (Å²) in [5.74, 6) is 0. The molecule has 1 aliphatic carbocycles. The van der Waals surface area contributed by atoms with Crippen molar-refractivity contribution in [3.05, 3.63) is 35.4 Å². The van der Waals surface area contributed by atoms with Crippen LogP contribution in [0.1, 0.15) is 50.7 Å². The van der Waals surface area contributed by atoms with Gasteiger partial charge >= 0.3 is 0 Å². The lowest BCUT2D eigenvalue weighted by molar-refractivity contribution is 0.206. The Morgan fingerprint density at radius 1 is 1.22 bits per heavy atom. The summed E-state index contributed by atoms with van der Waals surface area (Å²) in [5.41, 5.74) is 2.81. The van der Waals surface area contributed by atoms with Gasteiger partial charge in [-0.05, 0) is 42.2 Å². The molecule has 0 amide bonds. The smallest absolute Gasteiger partial charge is 0.0681 e. The molecule has 1 aromatic rings. The summed E-state index contributed by atoms with van der Waals surface area (Å²) in [7, 11) is 0. The monoisotopic (exact) mass is 247 g/mol. The van der Waals surface area contributed by atoms with E-state index in [-0.39, 0.29) is 6.61 Å². The van der Waals surface area contributed by atoms with Crippen LogP contribution in [0.15, 0.2) is 24.3 Å². The summed E-state index contributed by atoms with van der Waals surface area (Å²) < 4.78 is 0. The zero-order valence-corrected chi connectivity index (χ0v) is 11.6. The van der Waals surface area contributed by atoms with Crippen molar-refractivity contribution in [3.8, 4) is 0 Å². The van der Waals surface area contributed by atoms with Crippen molar-refractivity contribution < 1.29 is 5.11 Å². The largest absolute Gasteiger partial charge is 0.392 e. The molecule has 18 heavy (non-hydrogen) atoms. The normalized spacial score (nSPS) is 19.9. The predicted octanol–water partition coefficient (Wildman–Crippen LogP) is 3.24. The molecule has 2 rings (SSSR count). The van der Waals surface area contributed by atoms with Crippen LogP contribution >= 0.6 is 0 Å². The van der Waals surface area contributed by atoms with Gasteiger partial charge in [0.15, 0.2) is 0 Å². The van der Waals surface area contributed by atoms with E-state index in [2.05, 4.69) is 31.3 Å². The molecule has 2 N–H and O–H groups in total. The van der Waals surface area contributed by atoms with E-state index in [0.29, 0.717) is 11.5 Å². The first-order valence-corrected chi connectivity index (χ1v) is 7.01. The van der Waals surface area contributed by atoms with E-state index >= 15 is 0 Å². The molecule has 2 nitrogen and oxygen atoms in total. The third-order valence-corrected chi connectivity index (χ3v) is 4.11. The highest BCUT2D eigenvalue weighted by Gasteiger charge is 2.26. The first-order chi connectivity index (χ1) is 8.59. The molecule has 0 radical (unpaired) electrons. The molecular formula is C16H25NO. The fraction of sp³-hybridized carbons (Fsp3) is 0.625. The van der Waals surface area contributed by atoms with E-state index < -0.39 is 0 Å². The third kappa shape index (κ3) is 3.82. The second kappa shape index (κ2) is 5.85. The maximum Gasteiger partial charge on any atom is 0.0681 e. The number of rotatable bonds is 4. The zero-order valence-electron chi connectivity index (χ0n) is 11.6. The molecule has 0 spiro atoms. The lowest BCUT2D eigenvalue weighted by Gasteiger charge is -2.34. The summed E-state index contributed by atoms with van der Waals surface area (Å²) in [6, 6.07) is 8.86. The number of nitrogens with one attached hydrogen (secondary N) is 1. The van der Waals surface area contributed by atoms with E-state index in [9.17, 15) is 0 Å². The van der Waals surface area contributed by atoms with Crippen LogP contribution in [0.4, 0.5) is 0 Å². The van der Waals surface area contributed by atoms with Gasteiger partial charge < -0.3 is 10.4 Å². The molecule has 0 bridgehead atoms. The first kappa shape index (κ1) is 13.6. The Labute approximate surface area is 110 Å². The van der Waals surface area contributed by atoms with Crippen LogP contribution in [0.2, 0.25) is 0 Å². The number of hydrogen-bond acceptors (Lipinski definition) is 2. The molecule has 2 heteroatoms. The fourth-order valence-corrected chi connectivity index (χ4v) is 2.70. The Morgan fingerprint density at radius 2 is 1.89 bits per heavy atom. The summed E-state index contributed by atoms with van der Waals surface area (Å²) in [6.45, 7) is 5.78. The zero-order chi connectivity index (χ0) is 13.0. The second-order valence-electron chi connectivity index (χ2n) is 6.30. The van der Waals surface area contributed by atoms with Crippen LogP contribution in [-0.2, 0) is 13.2 Å². The number of aliphatic hydroxyl groups excluding tert-OH is 1. The SMILES string of the molecule is CC1(C)CCC(NCc2cccc(CO)c2)CC1. The Kier molecular flexibility index (Phi) is 4.41. The Morgan fingerprint density at radius 3 is 2.56 bits per heavy atom. The van der Waals surface area contributed by atoms with Gasteiger partial charge in [-0.2, -0.15) is 0 Å². The van der Waals surface area contributed by atoms with Crippen molar-refractivity contribution in [3.63, 3.8) is 0 Å². The molecule has 1 aromatic carbocycles. The van der Waals surface area contributed by atoms with E-state index in [0.717, 1.165) is 12.1 Å². The maximum atomic E-state index is 9.12. The number of aliphatic hydroxyl groups is 1. The topological polar surface area (TPSA) is 32.3 Å². The van der Waals surface area contributed by atoms with Crippen molar-refractivity contribution >= 4 is 0 Å². The lowest BCUT2D eigenvalue weighted by atomic mass is 9.75. The summed E-state index contributed by atoms with van der Waals surface area (Å²) in [6.07, 6.45) is 5.21. The summed E-state index contributed by atoms with van der Waals surface area (Å²) in [5, 5.41) is 12.8. The van der Waals surface area contributed by atoms with Crippen molar-refractivity contribution in [1.29, 1.82) is 0 Å². The molecule has 0 saturated heterocycles. The average molecular weight is 247 g/mol. The highest BCUT2D eigenvalue weighted by atomic mass is 16.3. The molecule has 1 fully saturated rings. The average Bonchev–Trinajstić information content (AvgIpc) is 2.38.